The number of aliphatic carboxylic acids is 1. The molecule has 2 unspecified atom stereocenters. The number of carboxylic acids is 1. The molecule has 1 aliphatic carbocycles. The number of hydrogen-bond acceptors (Lipinski definition) is 3. The lowest BCUT2D eigenvalue weighted by atomic mass is 9.59. The Balaban J connectivity index is 1.76. The van der Waals surface area contributed by atoms with E-state index in [1.165, 1.54) is 12.2 Å². The fraction of sp³-hybridized carbons (Fsp3) is 0.941. The Bertz CT molecular complexity index is 381. The summed E-state index contributed by atoms with van der Waals surface area (Å²) in [6.45, 7) is 3.00. The van der Waals surface area contributed by atoms with Crippen LogP contribution in [0.25, 0.3) is 0 Å². The average Bonchev–Trinajstić information content (AvgIpc) is 2.95. The molecule has 1 N–H and O–H groups in total. The maximum Gasteiger partial charge on any atom is 0.309 e. The summed E-state index contributed by atoms with van der Waals surface area (Å²) in [5.41, 5.74) is -0.465. The van der Waals surface area contributed by atoms with Gasteiger partial charge in [0.2, 0.25) is 0 Å². The third-order valence-electron chi connectivity index (χ3n) is 6.34. The van der Waals surface area contributed by atoms with Crippen LogP contribution in [-0.4, -0.2) is 34.8 Å². The van der Waals surface area contributed by atoms with Crippen LogP contribution >= 0.6 is 11.8 Å². The van der Waals surface area contributed by atoms with Gasteiger partial charge in [-0.05, 0) is 62.5 Å². The zero-order valence-corrected chi connectivity index (χ0v) is 13.9. The summed E-state index contributed by atoms with van der Waals surface area (Å²) >= 11 is 1.97. The lowest BCUT2D eigenvalue weighted by molar-refractivity contribution is -0.166. The molecule has 3 rings (SSSR count). The van der Waals surface area contributed by atoms with Crippen LogP contribution in [0.15, 0.2) is 0 Å². The molecular formula is C17H28O3S. The fourth-order valence-electron chi connectivity index (χ4n) is 4.76. The van der Waals surface area contributed by atoms with Gasteiger partial charge in [0.1, 0.15) is 0 Å². The summed E-state index contributed by atoms with van der Waals surface area (Å²) in [6, 6.07) is 0. The van der Waals surface area contributed by atoms with Crippen LogP contribution < -0.4 is 0 Å². The van der Waals surface area contributed by atoms with Gasteiger partial charge in [-0.25, -0.2) is 0 Å². The first-order valence-electron chi connectivity index (χ1n) is 8.55. The third kappa shape index (κ3) is 2.86. The number of rotatable bonds is 3. The Labute approximate surface area is 132 Å². The van der Waals surface area contributed by atoms with Crippen LogP contribution in [-0.2, 0) is 9.53 Å². The summed E-state index contributed by atoms with van der Waals surface area (Å²) in [6.07, 6.45) is 8.19. The van der Waals surface area contributed by atoms with Crippen LogP contribution in [0.3, 0.4) is 0 Å². The SMILES string of the molecule is CCC1CCC(C(=O)O)(C2CCOC3(CCSC3)C2)CC1. The smallest absolute Gasteiger partial charge is 0.309 e. The third-order valence-corrected chi connectivity index (χ3v) is 7.57. The zero-order valence-electron chi connectivity index (χ0n) is 13.1. The molecule has 2 atom stereocenters. The van der Waals surface area contributed by atoms with E-state index in [1.54, 1.807) is 0 Å². The van der Waals surface area contributed by atoms with Crippen molar-refractivity contribution in [2.75, 3.05) is 18.1 Å². The molecule has 120 valence electrons. The molecule has 0 bridgehead atoms. The predicted molar refractivity (Wildman–Crippen MR) is 85.7 cm³/mol. The molecule has 0 aromatic heterocycles. The van der Waals surface area contributed by atoms with Gasteiger partial charge in [0, 0.05) is 12.4 Å². The van der Waals surface area contributed by atoms with Gasteiger partial charge in [-0.15, -0.1) is 0 Å². The standard InChI is InChI=1S/C17H28O3S/c1-2-13-3-6-17(7-4-13,15(18)19)14-5-9-20-16(11-14)8-10-21-12-16/h13-14H,2-12H2,1H3,(H,18,19). The van der Waals surface area contributed by atoms with Gasteiger partial charge < -0.3 is 9.84 Å². The van der Waals surface area contributed by atoms with Crippen molar-refractivity contribution in [2.45, 2.75) is 63.9 Å². The highest BCUT2D eigenvalue weighted by atomic mass is 32.2. The minimum absolute atomic E-state index is 0.00234. The number of carboxylic acid groups (broad SMARTS) is 1. The highest BCUT2D eigenvalue weighted by Crippen LogP contribution is 2.52. The van der Waals surface area contributed by atoms with E-state index < -0.39 is 11.4 Å². The molecule has 21 heavy (non-hydrogen) atoms. The molecule has 3 fully saturated rings. The summed E-state index contributed by atoms with van der Waals surface area (Å²) < 4.78 is 6.10. The fourth-order valence-corrected chi connectivity index (χ4v) is 6.14. The number of hydrogen-bond donors (Lipinski definition) is 1. The largest absolute Gasteiger partial charge is 0.481 e. The van der Waals surface area contributed by atoms with Crippen LogP contribution in [0.2, 0.25) is 0 Å². The van der Waals surface area contributed by atoms with Gasteiger partial charge in [-0.1, -0.05) is 13.3 Å². The highest BCUT2D eigenvalue weighted by molar-refractivity contribution is 7.99. The molecule has 0 radical (unpaired) electrons. The lowest BCUT2D eigenvalue weighted by Crippen LogP contribution is -2.49. The van der Waals surface area contributed by atoms with Gasteiger partial charge in [0.15, 0.2) is 0 Å². The van der Waals surface area contributed by atoms with E-state index in [-0.39, 0.29) is 5.60 Å². The Morgan fingerprint density at radius 3 is 2.62 bits per heavy atom. The summed E-state index contributed by atoms with van der Waals surface area (Å²) in [7, 11) is 0. The van der Waals surface area contributed by atoms with Gasteiger partial charge >= 0.3 is 5.97 Å². The molecule has 3 aliphatic rings. The topological polar surface area (TPSA) is 46.5 Å². The quantitative estimate of drug-likeness (QED) is 0.857. The second-order valence-corrected chi connectivity index (χ2v) is 8.44. The molecule has 4 heteroatoms. The second kappa shape index (κ2) is 6.11. The first-order chi connectivity index (χ1) is 10.1. The van der Waals surface area contributed by atoms with Crippen molar-refractivity contribution in [1.82, 2.24) is 0 Å². The van der Waals surface area contributed by atoms with Crippen LogP contribution in [0.5, 0.6) is 0 Å². The van der Waals surface area contributed by atoms with E-state index in [2.05, 4.69) is 6.92 Å². The molecule has 1 spiro atoms. The number of ether oxygens (including phenoxy) is 1. The molecule has 2 aliphatic heterocycles. The summed E-state index contributed by atoms with van der Waals surface area (Å²) in [5, 5.41) is 9.99. The van der Waals surface area contributed by atoms with E-state index in [9.17, 15) is 9.90 Å². The van der Waals surface area contributed by atoms with Gasteiger partial charge in [-0.3, -0.25) is 4.79 Å². The van der Waals surface area contributed by atoms with Crippen molar-refractivity contribution in [2.24, 2.45) is 17.3 Å². The first kappa shape index (κ1) is 15.7. The number of thioether (sulfide) groups is 1. The van der Waals surface area contributed by atoms with Gasteiger partial charge in [0.25, 0.3) is 0 Å². The van der Waals surface area contributed by atoms with E-state index >= 15 is 0 Å². The average molecular weight is 312 g/mol. The van der Waals surface area contributed by atoms with E-state index in [0.717, 1.165) is 63.2 Å². The van der Waals surface area contributed by atoms with Crippen molar-refractivity contribution < 1.29 is 14.6 Å². The minimum atomic E-state index is -0.537. The molecule has 0 aromatic rings. The monoisotopic (exact) mass is 312 g/mol. The van der Waals surface area contributed by atoms with Crippen LogP contribution in [0.1, 0.15) is 58.3 Å². The van der Waals surface area contributed by atoms with E-state index in [1.807, 2.05) is 11.8 Å². The summed E-state index contributed by atoms with van der Waals surface area (Å²) in [4.78, 5) is 12.1. The Morgan fingerprint density at radius 1 is 1.29 bits per heavy atom. The maximum atomic E-state index is 12.1. The van der Waals surface area contributed by atoms with Crippen LogP contribution in [0, 0.1) is 17.3 Å². The Hall–Kier alpha value is -0.220. The minimum Gasteiger partial charge on any atom is -0.481 e. The van der Waals surface area contributed by atoms with Gasteiger partial charge in [-0.2, -0.15) is 11.8 Å². The van der Waals surface area contributed by atoms with Crippen molar-refractivity contribution >= 4 is 17.7 Å². The Kier molecular flexibility index (Phi) is 4.56. The number of carbonyl (C=O) groups is 1. The summed E-state index contributed by atoms with van der Waals surface area (Å²) in [5.74, 6) is 2.76. The first-order valence-corrected chi connectivity index (χ1v) is 9.71. The van der Waals surface area contributed by atoms with E-state index in [0.29, 0.717) is 5.92 Å². The van der Waals surface area contributed by atoms with Crippen molar-refractivity contribution in [1.29, 1.82) is 0 Å². The van der Waals surface area contributed by atoms with Gasteiger partial charge in [0.05, 0.1) is 11.0 Å². The predicted octanol–water partition coefficient (Wildman–Crippen LogP) is 3.96. The van der Waals surface area contributed by atoms with E-state index in [4.69, 9.17) is 4.74 Å². The molecule has 3 nitrogen and oxygen atoms in total. The van der Waals surface area contributed by atoms with Crippen molar-refractivity contribution in [3.05, 3.63) is 0 Å². The normalized spacial score (nSPS) is 44.0. The maximum absolute atomic E-state index is 12.1. The molecule has 1 saturated carbocycles. The highest BCUT2D eigenvalue weighted by Gasteiger charge is 2.52. The molecule has 2 heterocycles. The van der Waals surface area contributed by atoms with Crippen molar-refractivity contribution in [3.63, 3.8) is 0 Å². The second-order valence-electron chi connectivity index (χ2n) is 7.34. The lowest BCUT2D eigenvalue weighted by Gasteiger charge is -2.48. The molecular weight excluding hydrogens is 284 g/mol. The van der Waals surface area contributed by atoms with Crippen molar-refractivity contribution in [3.8, 4) is 0 Å². The Morgan fingerprint density at radius 2 is 2.05 bits per heavy atom. The van der Waals surface area contributed by atoms with Crippen LogP contribution in [0.4, 0.5) is 0 Å². The molecule has 0 aromatic carbocycles. The molecule has 0 amide bonds. The molecule has 2 saturated heterocycles. The zero-order chi connectivity index (χ0) is 14.9.